The molecule has 0 amide bonds. The van der Waals surface area contributed by atoms with Crippen molar-refractivity contribution in [2.75, 3.05) is 6.16 Å². The van der Waals surface area contributed by atoms with Crippen LogP contribution >= 0.6 is 19.2 Å². The van der Waals surface area contributed by atoms with Gasteiger partial charge >= 0.3 is 7.60 Å². The summed E-state index contributed by atoms with van der Waals surface area (Å²) in [5.74, 6) is -0.646. The first-order chi connectivity index (χ1) is 4.63. The third kappa shape index (κ3) is 5.39. The van der Waals surface area contributed by atoms with Crippen LogP contribution in [0.3, 0.4) is 0 Å². The van der Waals surface area contributed by atoms with Crippen molar-refractivity contribution in [3.05, 3.63) is 0 Å². The Labute approximate surface area is 69.7 Å². The predicted octanol–water partition coefficient (Wildman–Crippen LogP) is 0.751. The Balaban J connectivity index is 4.23. The maximum Gasteiger partial charge on any atom is 0.332 e. The van der Waals surface area contributed by atoms with Gasteiger partial charge in [-0.25, -0.2) is 0 Å². The van der Waals surface area contributed by atoms with E-state index in [4.69, 9.17) is 21.4 Å². The summed E-state index contributed by atoms with van der Waals surface area (Å²) in [5.41, 5.74) is 0. The van der Waals surface area contributed by atoms with Crippen molar-refractivity contribution in [3.63, 3.8) is 0 Å². The van der Waals surface area contributed by atoms with Crippen molar-refractivity contribution in [2.24, 2.45) is 0 Å². The molecule has 0 saturated heterocycles. The summed E-state index contributed by atoms with van der Waals surface area (Å²) in [6.45, 7) is 2.79. The van der Waals surface area contributed by atoms with Gasteiger partial charge in [0, 0.05) is 0 Å². The van der Waals surface area contributed by atoms with Gasteiger partial charge < -0.3 is 9.79 Å². The summed E-state index contributed by atoms with van der Waals surface area (Å²) < 4.78 is 10.3. The molecule has 0 unspecified atom stereocenters. The van der Waals surface area contributed by atoms with Gasteiger partial charge in [-0.05, 0) is 13.8 Å². The minimum absolute atomic E-state index is 0.646. The number of rotatable bonds is 3. The first-order valence-corrected chi connectivity index (χ1v) is 5.07. The van der Waals surface area contributed by atoms with Gasteiger partial charge in [0.25, 0.3) is 0 Å². The molecule has 0 rings (SSSR count). The average Bonchev–Trinajstić information content (AvgIpc) is 1.56. The fraction of sp³-hybridized carbons (Fsp3) is 0.800. The van der Waals surface area contributed by atoms with Gasteiger partial charge in [0.05, 0.1) is 4.87 Å². The highest BCUT2D eigenvalue weighted by molar-refractivity contribution is 7.52. The SMILES string of the molecule is CC(C)(Cl)C(=O)CP(=O)(O)O. The molecule has 0 fully saturated rings. The normalized spacial score (nSPS) is 13.2. The lowest BCUT2D eigenvalue weighted by Gasteiger charge is -2.13. The van der Waals surface area contributed by atoms with Crippen LogP contribution in [0.5, 0.6) is 0 Å². The highest BCUT2D eigenvalue weighted by Crippen LogP contribution is 2.36. The number of hydrogen-bond donors (Lipinski definition) is 2. The van der Waals surface area contributed by atoms with Crippen LogP contribution in [-0.4, -0.2) is 26.6 Å². The molecule has 11 heavy (non-hydrogen) atoms. The molecule has 0 heterocycles. The van der Waals surface area contributed by atoms with Gasteiger partial charge in [-0.1, -0.05) is 0 Å². The van der Waals surface area contributed by atoms with Crippen molar-refractivity contribution in [1.29, 1.82) is 0 Å². The zero-order valence-corrected chi connectivity index (χ0v) is 7.89. The molecule has 0 aromatic heterocycles. The maximum atomic E-state index is 10.9. The van der Waals surface area contributed by atoms with Crippen LogP contribution in [-0.2, 0) is 9.36 Å². The standard InChI is InChI=1S/C5H10ClO4P/c1-5(2,6)4(7)3-11(8,9)10/h3H2,1-2H3,(H2,8,9,10). The van der Waals surface area contributed by atoms with Crippen LogP contribution < -0.4 is 0 Å². The zero-order valence-electron chi connectivity index (χ0n) is 6.24. The van der Waals surface area contributed by atoms with Gasteiger partial charge in [0.2, 0.25) is 0 Å². The average molecular weight is 201 g/mol. The fourth-order valence-corrected chi connectivity index (χ4v) is 1.30. The summed E-state index contributed by atoms with van der Waals surface area (Å²) in [5, 5.41) is 0. The number of carbonyl (C=O) groups excluding carboxylic acids is 1. The van der Waals surface area contributed by atoms with Crippen LogP contribution in [0.4, 0.5) is 0 Å². The quantitative estimate of drug-likeness (QED) is 0.521. The van der Waals surface area contributed by atoms with Crippen LogP contribution in [0.25, 0.3) is 0 Å². The van der Waals surface area contributed by atoms with Crippen LogP contribution in [0.15, 0.2) is 0 Å². The maximum absolute atomic E-state index is 10.9. The lowest BCUT2D eigenvalue weighted by Crippen LogP contribution is -2.27. The molecule has 0 bridgehead atoms. The summed E-state index contributed by atoms with van der Waals surface area (Å²) in [6, 6.07) is 0. The van der Waals surface area contributed by atoms with Gasteiger partial charge in [0.15, 0.2) is 5.78 Å². The van der Waals surface area contributed by atoms with Gasteiger partial charge in [-0.3, -0.25) is 9.36 Å². The van der Waals surface area contributed by atoms with Crippen molar-refractivity contribution in [3.8, 4) is 0 Å². The van der Waals surface area contributed by atoms with Crippen LogP contribution in [0, 0.1) is 0 Å². The van der Waals surface area contributed by atoms with E-state index in [0.29, 0.717) is 0 Å². The van der Waals surface area contributed by atoms with E-state index in [1.54, 1.807) is 0 Å². The lowest BCUT2D eigenvalue weighted by molar-refractivity contribution is -0.118. The van der Waals surface area contributed by atoms with Crippen molar-refractivity contribution in [1.82, 2.24) is 0 Å². The molecule has 2 N–H and O–H groups in total. The number of halogens is 1. The molecular weight excluding hydrogens is 190 g/mol. The third-order valence-corrected chi connectivity index (χ3v) is 1.92. The molecule has 0 saturated carbocycles. The number of Topliss-reactive ketones (excluding diaryl/α,β-unsaturated/α-hetero) is 1. The molecule has 0 aromatic carbocycles. The van der Waals surface area contributed by atoms with E-state index >= 15 is 0 Å². The largest absolute Gasteiger partial charge is 0.332 e. The van der Waals surface area contributed by atoms with Gasteiger partial charge in [-0.15, -0.1) is 11.6 Å². The van der Waals surface area contributed by atoms with E-state index < -0.39 is 24.4 Å². The molecule has 0 aliphatic rings. The predicted molar refractivity (Wildman–Crippen MR) is 41.9 cm³/mol. The van der Waals surface area contributed by atoms with E-state index in [1.165, 1.54) is 13.8 Å². The Bertz CT molecular complexity index is 201. The van der Waals surface area contributed by atoms with Gasteiger partial charge in [-0.2, -0.15) is 0 Å². The second-order valence-electron chi connectivity index (χ2n) is 2.72. The Hall–Kier alpha value is 0.110. The molecule has 0 aromatic rings. The van der Waals surface area contributed by atoms with Crippen molar-refractivity contribution >= 4 is 25.0 Å². The number of alkyl halides is 1. The van der Waals surface area contributed by atoms with E-state index in [2.05, 4.69) is 0 Å². The first kappa shape index (κ1) is 11.1. The molecular formula is C5H10ClO4P. The minimum Gasteiger partial charge on any atom is -0.324 e. The molecule has 0 spiro atoms. The third-order valence-electron chi connectivity index (χ3n) is 1.01. The fourth-order valence-electron chi connectivity index (χ4n) is 0.375. The minimum atomic E-state index is -4.25. The molecule has 0 radical (unpaired) electrons. The molecule has 0 aliphatic heterocycles. The second kappa shape index (κ2) is 3.23. The van der Waals surface area contributed by atoms with E-state index in [1.807, 2.05) is 0 Å². The first-order valence-electron chi connectivity index (χ1n) is 2.90. The van der Waals surface area contributed by atoms with Crippen molar-refractivity contribution < 1.29 is 19.1 Å². The highest BCUT2D eigenvalue weighted by atomic mass is 35.5. The Kier molecular flexibility index (Phi) is 3.27. The van der Waals surface area contributed by atoms with Gasteiger partial charge in [0.1, 0.15) is 6.16 Å². The summed E-state index contributed by atoms with van der Waals surface area (Å²) >= 11 is 5.50. The van der Waals surface area contributed by atoms with Crippen LogP contribution in [0.1, 0.15) is 13.8 Å². The van der Waals surface area contributed by atoms with E-state index in [0.717, 1.165) is 0 Å². The highest BCUT2D eigenvalue weighted by Gasteiger charge is 2.30. The Morgan fingerprint density at radius 2 is 1.91 bits per heavy atom. The summed E-state index contributed by atoms with van der Waals surface area (Å²) in [4.78, 5) is 26.4. The van der Waals surface area contributed by atoms with Crippen molar-refractivity contribution in [2.45, 2.75) is 18.7 Å². The Morgan fingerprint density at radius 1 is 1.55 bits per heavy atom. The molecule has 66 valence electrons. The summed E-state index contributed by atoms with van der Waals surface area (Å²) in [7, 11) is -4.25. The molecule has 0 aliphatic carbocycles. The van der Waals surface area contributed by atoms with E-state index in [9.17, 15) is 9.36 Å². The number of carbonyl (C=O) groups is 1. The zero-order chi connectivity index (χ0) is 9.28. The monoisotopic (exact) mass is 200 g/mol. The lowest BCUT2D eigenvalue weighted by atomic mass is 10.1. The second-order valence-corrected chi connectivity index (χ2v) is 5.31. The topological polar surface area (TPSA) is 74.6 Å². The summed E-state index contributed by atoms with van der Waals surface area (Å²) in [6.07, 6.45) is -0.788. The molecule has 0 atom stereocenters. The van der Waals surface area contributed by atoms with Crippen LogP contribution in [0.2, 0.25) is 0 Å². The molecule has 6 heteroatoms. The molecule has 4 nitrogen and oxygen atoms in total. The number of ketones is 1. The number of hydrogen-bond acceptors (Lipinski definition) is 2. The smallest absolute Gasteiger partial charge is 0.324 e. The van der Waals surface area contributed by atoms with E-state index in [-0.39, 0.29) is 0 Å². The Morgan fingerprint density at radius 3 is 2.00 bits per heavy atom.